The number of carbonyl (C=O) groups is 1. The second-order valence-electron chi connectivity index (χ2n) is 4.21. The SMILES string of the molecule is COC(=O)NC(=S)Nc1ccccc1[S+]([O-])CC(C)[N+](=O)[O-]. The summed E-state index contributed by atoms with van der Waals surface area (Å²) in [5.74, 6) is -0.122. The number of thiocarbonyl (C=S) groups is 1. The maximum Gasteiger partial charge on any atom is 0.413 e. The first-order valence-electron chi connectivity index (χ1n) is 6.12. The van der Waals surface area contributed by atoms with Crippen LogP contribution in [-0.2, 0) is 15.9 Å². The number of anilines is 1. The highest BCUT2D eigenvalue weighted by Gasteiger charge is 2.25. The van der Waals surface area contributed by atoms with Crippen LogP contribution >= 0.6 is 12.2 Å². The van der Waals surface area contributed by atoms with Crippen molar-refractivity contribution >= 4 is 40.3 Å². The first-order valence-corrected chi connectivity index (χ1v) is 7.84. The average molecular weight is 345 g/mol. The van der Waals surface area contributed by atoms with Gasteiger partial charge in [-0.05, 0) is 35.5 Å². The van der Waals surface area contributed by atoms with E-state index in [0.29, 0.717) is 10.6 Å². The van der Waals surface area contributed by atoms with E-state index in [4.69, 9.17) is 12.2 Å². The molecule has 0 heterocycles. The van der Waals surface area contributed by atoms with Crippen LogP contribution in [0.1, 0.15) is 6.92 Å². The van der Waals surface area contributed by atoms with Crippen molar-refractivity contribution in [2.75, 3.05) is 18.2 Å². The Bertz CT molecular complexity index is 569. The summed E-state index contributed by atoms with van der Waals surface area (Å²) in [4.78, 5) is 21.6. The molecule has 0 radical (unpaired) electrons. The monoisotopic (exact) mass is 345 g/mol. The lowest BCUT2D eigenvalue weighted by Crippen LogP contribution is -2.34. The Morgan fingerprint density at radius 2 is 2.14 bits per heavy atom. The number of ether oxygens (including phenoxy) is 1. The van der Waals surface area contributed by atoms with Crippen LogP contribution in [0.2, 0.25) is 0 Å². The standard InChI is InChI=1S/C12H15N3O5S2/c1-8(15(17)18)7-22(19)10-6-4-3-5-9(10)13-11(21)14-12(16)20-2/h3-6,8H,7H2,1-2H3,(H2,13,14,16,21). The van der Waals surface area contributed by atoms with Crippen molar-refractivity contribution in [3.63, 3.8) is 0 Å². The van der Waals surface area contributed by atoms with Crippen molar-refractivity contribution in [2.24, 2.45) is 0 Å². The maximum atomic E-state index is 12.3. The third kappa shape index (κ3) is 5.47. The Balaban J connectivity index is 2.83. The number of alkyl carbamates (subject to hydrolysis) is 1. The van der Waals surface area contributed by atoms with Crippen LogP contribution in [-0.4, -0.2) is 39.6 Å². The molecular weight excluding hydrogens is 330 g/mol. The van der Waals surface area contributed by atoms with Gasteiger partial charge in [-0.15, -0.1) is 0 Å². The van der Waals surface area contributed by atoms with Gasteiger partial charge in [0.2, 0.25) is 0 Å². The zero-order valence-electron chi connectivity index (χ0n) is 11.9. The Morgan fingerprint density at radius 1 is 1.50 bits per heavy atom. The van der Waals surface area contributed by atoms with E-state index in [9.17, 15) is 19.5 Å². The summed E-state index contributed by atoms with van der Waals surface area (Å²) in [7, 11) is 1.19. The molecule has 2 unspecified atom stereocenters. The van der Waals surface area contributed by atoms with Crippen molar-refractivity contribution in [1.29, 1.82) is 0 Å². The zero-order valence-corrected chi connectivity index (χ0v) is 13.5. The number of amides is 1. The third-order valence-corrected chi connectivity index (χ3v) is 4.37. The number of rotatable bonds is 5. The van der Waals surface area contributed by atoms with Crippen molar-refractivity contribution < 1.29 is 19.0 Å². The van der Waals surface area contributed by atoms with E-state index in [1.807, 2.05) is 0 Å². The fourth-order valence-corrected chi connectivity index (χ4v) is 2.96. The number of carbonyl (C=O) groups excluding carboxylic acids is 1. The molecule has 22 heavy (non-hydrogen) atoms. The van der Waals surface area contributed by atoms with Gasteiger partial charge < -0.3 is 14.6 Å². The summed E-state index contributed by atoms with van der Waals surface area (Å²) < 4.78 is 16.7. The number of hydrogen-bond donors (Lipinski definition) is 2. The van der Waals surface area contributed by atoms with Gasteiger partial charge in [0, 0.05) is 11.8 Å². The highest BCUT2D eigenvalue weighted by molar-refractivity contribution is 7.91. The van der Waals surface area contributed by atoms with Gasteiger partial charge in [0.05, 0.1) is 12.8 Å². The third-order valence-electron chi connectivity index (χ3n) is 2.53. The minimum Gasteiger partial charge on any atom is -0.611 e. The average Bonchev–Trinajstić information content (AvgIpc) is 2.47. The van der Waals surface area contributed by atoms with Crippen LogP contribution in [0.25, 0.3) is 0 Å². The minimum absolute atomic E-state index is 0.0291. The molecule has 1 rings (SSSR count). The van der Waals surface area contributed by atoms with Crippen LogP contribution in [0.15, 0.2) is 29.2 Å². The predicted octanol–water partition coefficient (Wildman–Crippen LogP) is 1.51. The molecule has 0 aromatic heterocycles. The van der Waals surface area contributed by atoms with Gasteiger partial charge in [0.25, 0.3) is 6.04 Å². The lowest BCUT2D eigenvalue weighted by molar-refractivity contribution is -0.512. The smallest absolute Gasteiger partial charge is 0.413 e. The van der Waals surface area contributed by atoms with Gasteiger partial charge >= 0.3 is 6.09 Å². The van der Waals surface area contributed by atoms with E-state index in [-0.39, 0.29) is 10.9 Å². The van der Waals surface area contributed by atoms with Crippen molar-refractivity contribution in [1.82, 2.24) is 5.32 Å². The molecule has 2 atom stereocenters. The molecule has 1 aromatic rings. The number of nitro groups is 1. The Labute approximate surface area is 135 Å². The van der Waals surface area contributed by atoms with Crippen molar-refractivity contribution in [2.45, 2.75) is 17.9 Å². The fraction of sp³-hybridized carbons (Fsp3) is 0.333. The van der Waals surface area contributed by atoms with Crippen LogP contribution in [0.4, 0.5) is 10.5 Å². The van der Waals surface area contributed by atoms with E-state index in [2.05, 4.69) is 15.4 Å². The zero-order chi connectivity index (χ0) is 16.7. The number of hydrogen-bond acceptors (Lipinski definition) is 6. The van der Waals surface area contributed by atoms with Crippen LogP contribution in [0.3, 0.4) is 0 Å². The van der Waals surface area contributed by atoms with Gasteiger partial charge in [-0.3, -0.25) is 15.4 Å². The lowest BCUT2D eigenvalue weighted by Gasteiger charge is -2.16. The molecule has 0 bridgehead atoms. The molecule has 0 aliphatic heterocycles. The molecule has 0 saturated heterocycles. The van der Waals surface area contributed by atoms with Crippen molar-refractivity contribution in [3.8, 4) is 0 Å². The lowest BCUT2D eigenvalue weighted by atomic mass is 10.3. The number of benzene rings is 1. The minimum atomic E-state index is -1.58. The van der Waals surface area contributed by atoms with E-state index < -0.39 is 28.2 Å². The molecule has 0 spiro atoms. The molecule has 1 aromatic carbocycles. The van der Waals surface area contributed by atoms with E-state index >= 15 is 0 Å². The first-order chi connectivity index (χ1) is 10.3. The van der Waals surface area contributed by atoms with E-state index in [1.165, 1.54) is 14.0 Å². The Morgan fingerprint density at radius 3 is 2.73 bits per heavy atom. The summed E-state index contributed by atoms with van der Waals surface area (Å²) in [6, 6.07) is 5.59. The summed E-state index contributed by atoms with van der Waals surface area (Å²) in [5.41, 5.74) is 0.401. The second kappa shape index (κ2) is 8.51. The second-order valence-corrected chi connectivity index (χ2v) is 6.09. The molecule has 120 valence electrons. The largest absolute Gasteiger partial charge is 0.611 e. The summed E-state index contributed by atoms with van der Waals surface area (Å²) >= 11 is 3.34. The summed E-state index contributed by atoms with van der Waals surface area (Å²) in [5, 5.41) is 15.6. The van der Waals surface area contributed by atoms with Gasteiger partial charge in [0.15, 0.2) is 15.8 Å². The van der Waals surface area contributed by atoms with Crippen LogP contribution < -0.4 is 10.6 Å². The first kappa shape index (κ1) is 18.1. The highest BCUT2D eigenvalue weighted by Crippen LogP contribution is 2.23. The number of para-hydroxylation sites is 1. The summed E-state index contributed by atoms with van der Waals surface area (Å²) in [6.45, 7) is 1.39. The van der Waals surface area contributed by atoms with E-state index in [1.54, 1.807) is 24.3 Å². The quantitative estimate of drug-likeness (QED) is 0.359. The van der Waals surface area contributed by atoms with Gasteiger partial charge in [-0.25, -0.2) is 4.79 Å². The van der Waals surface area contributed by atoms with Gasteiger partial charge in [-0.2, -0.15) is 0 Å². The Hall–Kier alpha value is -1.91. The molecule has 10 heteroatoms. The molecule has 1 amide bonds. The maximum absolute atomic E-state index is 12.3. The Kier molecular flexibility index (Phi) is 7.02. The molecule has 0 saturated carbocycles. The number of nitrogens with zero attached hydrogens (tertiary/aromatic N) is 1. The van der Waals surface area contributed by atoms with Crippen LogP contribution in [0, 0.1) is 10.1 Å². The molecule has 0 aliphatic carbocycles. The predicted molar refractivity (Wildman–Crippen MR) is 85.9 cm³/mol. The number of nitrogens with one attached hydrogen (secondary N) is 2. The summed E-state index contributed by atoms with van der Waals surface area (Å²) in [6.07, 6.45) is -0.738. The molecular formula is C12H15N3O5S2. The van der Waals surface area contributed by atoms with E-state index in [0.717, 1.165) is 0 Å². The highest BCUT2D eigenvalue weighted by atomic mass is 32.2. The van der Waals surface area contributed by atoms with Gasteiger partial charge in [0.1, 0.15) is 0 Å². The number of methoxy groups -OCH3 is 1. The van der Waals surface area contributed by atoms with Gasteiger partial charge in [-0.1, -0.05) is 12.1 Å². The molecule has 0 aliphatic rings. The topological polar surface area (TPSA) is 117 Å². The fourth-order valence-electron chi connectivity index (χ4n) is 1.44. The molecule has 0 fully saturated rings. The molecule has 2 N–H and O–H groups in total. The normalized spacial score (nSPS) is 12.9. The van der Waals surface area contributed by atoms with Crippen LogP contribution in [0.5, 0.6) is 0 Å². The molecule has 8 nitrogen and oxygen atoms in total. The van der Waals surface area contributed by atoms with Crippen molar-refractivity contribution in [3.05, 3.63) is 34.4 Å².